The van der Waals surface area contributed by atoms with E-state index in [1.54, 1.807) is 7.05 Å². The van der Waals surface area contributed by atoms with E-state index in [9.17, 15) is 9.59 Å². The molecule has 1 aromatic carbocycles. The Labute approximate surface area is 114 Å². The molecule has 0 saturated carbocycles. The van der Waals surface area contributed by atoms with E-state index in [4.69, 9.17) is 0 Å². The molecule has 20 heavy (non-hydrogen) atoms. The lowest BCUT2D eigenvalue weighted by Crippen LogP contribution is -2.28. The SMILES string of the molecule is Cc1ccc(Cc2nc3c([nH]2)c(=O)[nH]c(=O)n3C)cc1. The van der Waals surface area contributed by atoms with Crippen molar-refractivity contribution in [3.63, 3.8) is 0 Å². The first-order valence-electron chi connectivity index (χ1n) is 6.28. The van der Waals surface area contributed by atoms with E-state index in [-0.39, 0.29) is 0 Å². The molecule has 0 saturated heterocycles. The lowest BCUT2D eigenvalue weighted by Gasteiger charge is -1.98. The zero-order chi connectivity index (χ0) is 14.3. The number of aryl methyl sites for hydroxylation is 2. The number of aromatic amines is 2. The number of aromatic nitrogens is 4. The van der Waals surface area contributed by atoms with Crippen molar-refractivity contribution in [2.24, 2.45) is 7.05 Å². The van der Waals surface area contributed by atoms with Gasteiger partial charge in [0.25, 0.3) is 5.56 Å². The Balaban J connectivity index is 2.07. The first kappa shape index (κ1) is 12.4. The molecular formula is C14H14N4O2. The summed E-state index contributed by atoms with van der Waals surface area (Å²) in [5, 5.41) is 0. The van der Waals surface area contributed by atoms with Gasteiger partial charge in [-0.05, 0) is 12.5 Å². The summed E-state index contributed by atoms with van der Waals surface area (Å²) in [5.41, 5.74) is 2.09. The van der Waals surface area contributed by atoms with Crippen LogP contribution in [-0.2, 0) is 13.5 Å². The lowest BCUT2D eigenvalue weighted by atomic mass is 10.1. The smallest absolute Gasteiger partial charge is 0.329 e. The molecular weight excluding hydrogens is 256 g/mol. The van der Waals surface area contributed by atoms with Crippen LogP contribution in [0, 0.1) is 6.92 Å². The standard InChI is InChI=1S/C14H14N4O2/c1-8-3-5-9(6-4-8)7-10-15-11-12(16-10)18(2)14(20)17-13(11)19/h3-6H,7H2,1-2H3,(H,15,16)(H,17,19,20). The Hall–Kier alpha value is -2.63. The number of rotatable bonds is 2. The Morgan fingerprint density at radius 2 is 1.85 bits per heavy atom. The number of hydrogen-bond donors (Lipinski definition) is 2. The molecule has 3 aromatic rings. The third-order valence-corrected chi connectivity index (χ3v) is 3.30. The van der Waals surface area contributed by atoms with Gasteiger partial charge >= 0.3 is 5.69 Å². The van der Waals surface area contributed by atoms with E-state index in [1.807, 2.05) is 31.2 Å². The van der Waals surface area contributed by atoms with Crippen molar-refractivity contribution in [1.82, 2.24) is 19.5 Å². The van der Waals surface area contributed by atoms with E-state index in [0.717, 1.165) is 5.56 Å². The minimum absolute atomic E-state index is 0.328. The molecule has 2 heterocycles. The molecule has 6 nitrogen and oxygen atoms in total. The number of hydrogen-bond acceptors (Lipinski definition) is 3. The van der Waals surface area contributed by atoms with Crippen LogP contribution in [0.1, 0.15) is 17.0 Å². The van der Waals surface area contributed by atoms with Crippen LogP contribution in [-0.4, -0.2) is 19.5 Å². The number of imidazole rings is 1. The Kier molecular flexibility index (Phi) is 2.78. The minimum atomic E-state index is -0.462. The molecule has 0 aliphatic rings. The van der Waals surface area contributed by atoms with Crippen molar-refractivity contribution >= 4 is 11.2 Å². The van der Waals surface area contributed by atoms with Gasteiger partial charge in [0, 0.05) is 13.5 Å². The minimum Gasteiger partial charge on any atom is -0.336 e. The van der Waals surface area contributed by atoms with Gasteiger partial charge in [-0.2, -0.15) is 0 Å². The van der Waals surface area contributed by atoms with Gasteiger partial charge in [0.05, 0.1) is 0 Å². The molecule has 102 valence electrons. The predicted molar refractivity (Wildman–Crippen MR) is 75.9 cm³/mol. The second-order valence-electron chi connectivity index (χ2n) is 4.86. The zero-order valence-electron chi connectivity index (χ0n) is 11.2. The molecule has 0 fully saturated rings. The fourth-order valence-corrected chi connectivity index (χ4v) is 2.14. The van der Waals surface area contributed by atoms with Crippen molar-refractivity contribution < 1.29 is 0 Å². The Morgan fingerprint density at radius 1 is 1.15 bits per heavy atom. The zero-order valence-corrected chi connectivity index (χ0v) is 11.2. The fraction of sp³-hybridized carbons (Fsp3) is 0.214. The highest BCUT2D eigenvalue weighted by Crippen LogP contribution is 2.10. The summed E-state index contributed by atoms with van der Waals surface area (Å²) in [7, 11) is 1.58. The highest BCUT2D eigenvalue weighted by molar-refractivity contribution is 5.69. The van der Waals surface area contributed by atoms with Crippen LogP contribution >= 0.6 is 0 Å². The molecule has 0 unspecified atom stereocenters. The average molecular weight is 270 g/mol. The van der Waals surface area contributed by atoms with Gasteiger partial charge in [-0.1, -0.05) is 29.8 Å². The summed E-state index contributed by atoms with van der Waals surface area (Å²) < 4.78 is 1.33. The van der Waals surface area contributed by atoms with Crippen LogP contribution in [0.2, 0.25) is 0 Å². The molecule has 0 radical (unpaired) electrons. The normalized spacial score (nSPS) is 11.1. The van der Waals surface area contributed by atoms with Crippen molar-refractivity contribution in [3.8, 4) is 0 Å². The van der Waals surface area contributed by atoms with Crippen LogP contribution in [0.5, 0.6) is 0 Å². The van der Waals surface area contributed by atoms with E-state index in [2.05, 4.69) is 15.0 Å². The van der Waals surface area contributed by atoms with Gasteiger partial charge in [0.1, 0.15) is 11.3 Å². The van der Waals surface area contributed by atoms with Gasteiger partial charge in [-0.3, -0.25) is 14.3 Å². The highest BCUT2D eigenvalue weighted by atomic mass is 16.2. The molecule has 2 aromatic heterocycles. The first-order chi connectivity index (χ1) is 9.54. The Bertz CT molecular complexity index is 884. The predicted octanol–water partition coefficient (Wildman–Crippen LogP) is 0.849. The number of benzene rings is 1. The van der Waals surface area contributed by atoms with E-state index >= 15 is 0 Å². The summed E-state index contributed by atoms with van der Waals surface area (Å²) in [5.74, 6) is 0.663. The van der Waals surface area contributed by atoms with Gasteiger partial charge < -0.3 is 4.98 Å². The van der Waals surface area contributed by atoms with E-state index in [1.165, 1.54) is 10.1 Å². The van der Waals surface area contributed by atoms with Crippen LogP contribution in [0.25, 0.3) is 11.2 Å². The van der Waals surface area contributed by atoms with Gasteiger partial charge in [0.15, 0.2) is 5.65 Å². The largest absolute Gasteiger partial charge is 0.336 e. The second kappa shape index (κ2) is 4.48. The molecule has 2 N–H and O–H groups in total. The molecule has 6 heteroatoms. The van der Waals surface area contributed by atoms with Crippen molar-refractivity contribution in [2.75, 3.05) is 0 Å². The van der Waals surface area contributed by atoms with Gasteiger partial charge in [0.2, 0.25) is 0 Å². The van der Waals surface area contributed by atoms with Crippen LogP contribution in [0.4, 0.5) is 0 Å². The van der Waals surface area contributed by atoms with E-state index in [0.29, 0.717) is 23.4 Å². The van der Waals surface area contributed by atoms with Crippen molar-refractivity contribution in [2.45, 2.75) is 13.3 Å². The second-order valence-corrected chi connectivity index (χ2v) is 4.86. The Morgan fingerprint density at radius 3 is 2.55 bits per heavy atom. The van der Waals surface area contributed by atoms with Crippen LogP contribution in [0.15, 0.2) is 33.9 Å². The molecule has 0 atom stereocenters. The van der Waals surface area contributed by atoms with Crippen molar-refractivity contribution in [1.29, 1.82) is 0 Å². The summed E-state index contributed by atoms with van der Waals surface area (Å²) in [6.45, 7) is 2.03. The number of H-pyrrole nitrogens is 2. The monoisotopic (exact) mass is 270 g/mol. The fourth-order valence-electron chi connectivity index (χ4n) is 2.14. The third kappa shape index (κ3) is 2.05. The molecule has 0 bridgehead atoms. The quantitative estimate of drug-likeness (QED) is 0.724. The third-order valence-electron chi connectivity index (χ3n) is 3.30. The van der Waals surface area contributed by atoms with Gasteiger partial charge in [-0.25, -0.2) is 9.78 Å². The molecule has 0 amide bonds. The molecule has 3 rings (SSSR count). The summed E-state index contributed by atoms with van der Waals surface area (Å²) >= 11 is 0. The average Bonchev–Trinajstić information content (AvgIpc) is 2.83. The van der Waals surface area contributed by atoms with Gasteiger partial charge in [-0.15, -0.1) is 0 Å². The summed E-state index contributed by atoms with van der Waals surface area (Å²) in [6, 6.07) is 8.10. The maximum absolute atomic E-state index is 11.7. The number of nitrogens with zero attached hydrogens (tertiary/aromatic N) is 2. The molecule has 0 aliphatic heterocycles. The van der Waals surface area contributed by atoms with Crippen LogP contribution in [0.3, 0.4) is 0 Å². The van der Waals surface area contributed by atoms with Crippen molar-refractivity contribution in [3.05, 3.63) is 62.1 Å². The van der Waals surface area contributed by atoms with Crippen LogP contribution < -0.4 is 11.2 Å². The number of nitrogens with one attached hydrogen (secondary N) is 2. The number of fused-ring (bicyclic) bond motifs is 1. The summed E-state index contributed by atoms with van der Waals surface area (Å²) in [6.07, 6.45) is 0.586. The maximum atomic E-state index is 11.7. The topological polar surface area (TPSA) is 83.5 Å². The lowest BCUT2D eigenvalue weighted by molar-refractivity contribution is 0.830. The molecule has 0 spiro atoms. The summed E-state index contributed by atoms with van der Waals surface area (Å²) in [4.78, 5) is 32.8. The maximum Gasteiger partial charge on any atom is 0.329 e. The molecule has 0 aliphatic carbocycles. The van der Waals surface area contributed by atoms with E-state index < -0.39 is 11.2 Å². The highest BCUT2D eigenvalue weighted by Gasteiger charge is 2.10. The first-order valence-corrected chi connectivity index (χ1v) is 6.28.